The van der Waals surface area contributed by atoms with Crippen LogP contribution in [0.15, 0.2) is 64.5 Å². The average molecular weight is 300 g/mol. The first-order valence-electron chi connectivity index (χ1n) is 5.83. The highest BCUT2D eigenvalue weighted by atomic mass is 35.5. The number of carbonyl (C=O) groups excluding carboxylic acids is 1. The molecule has 0 saturated heterocycles. The predicted molar refractivity (Wildman–Crippen MR) is 82.6 cm³/mol. The van der Waals surface area contributed by atoms with Crippen molar-refractivity contribution in [3.05, 3.63) is 75.0 Å². The number of allylic oxidation sites excluding steroid dienone is 3. The molecule has 0 aliphatic rings. The summed E-state index contributed by atoms with van der Waals surface area (Å²) in [5.41, 5.74) is 0.944. The van der Waals surface area contributed by atoms with Gasteiger partial charge in [0.1, 0.15) is 11.6 Å². The third-order valence-electron chi connectivity index (χ3n) is 2.50. The number of Topliss-reactive ketones (excluding diaryl/α,β-unsaturated/α-hetero) is 1. The van der Waals surface area contributed by atoms with Crippen molar-refractivity contribution in [3.8, 4) is 6.07 Å². The molecule has 0 N–H and O–H groups in total. The molecule has 0 aliphatic heterocycles. The minimum atomic E-state index is -0.304. The van der Waals surface area contributed by atoms with E-state index in [9.17, 15) is 4.79 Å². The van der Waals surface area contributed by atoms with Gasteiger partial charge in [-0.1, -0.05) is 48.0 Å². The van der Waals surface area contributed by atoms with Crippen LogP contribution in [0.1, 0.15) is 15.2 Å². The van der Waals surface area contributed by atoms with E-state index >= 15 is 0 Å². The molecule has 0 spiro atoms. The third kappa shape index (κ3) is 3.67. The molecule has 0 saturated carbocycles. The Hall–Kier alpha value is -2.15. The zero-order chi connectivity index (χ0) is 14.4. The molecule has 20 heavy (non-hydrogen) atoms. The summed E-state index contributed by atoms with van der Waals surface area (Å²) in [5, 5.41) is 11.2. The molecule has 0 unspecified atom stereocenters. The van der Waals surface area contributed by atoms with Gasteiger partial charge in [0.15, 0.2) is 0 Å². The fourth-order valence-electron chi connectivity index (χ4n) is 1.58. The summed E-state index contributed by atoms with van der Waals surface area (Å²) in [6, 6.07) is 14.8. The Morgan fingerprint density at radius 2 is 1.95 bits per heavy atom. The van der Waals surface area contributed by atoms with Gasteiger partial charge in [0.2, 0.25) is 5.78 Å². The summed E-state index contributed by atoms with van der Waals surface area (Å²) in [4.78, 5) is 12.6. The van der Waals surface area contributed by atoms with Gasteiger partial charge in [0.05, 0.1) is 4.88 Å². The zero-order valence-corrected chi connectivity index (χ0v) is 12.0. The Labute approximate surface area is 126 Å². The first-order valence-corrected chi connectivity index (χ1v) is 7.08. The first kappa shape index (κ1) is 14.3. The molecule has 1 aromatic carbocycles. The highest BCUT2D eigenvalue weighted by Crippen LogP contribution is 2.18. The van der Waals surface area contributed by atoms with Crippen LogP contribution >= 0.6 is 22.9 Å². The Morgan fingerprint density at radius 3 is 2.55 bits per heavy atom. The number of ketones is 1. The lowest BCUT2D eigenvalue weighted by atomic mass is 10.1. The van der Waals surface area contributed by atoms with Crippen LogP contribution in [0, 0.1) is 11.3 Å². The zero-order valence-electron chi connectivity index (χ0n) is 10.4. The molecule has 98 valence electrons. The van der Waals surface area contributed by atoms with Gasteiger partial charge in [-0.3, -0.25) is 4.79 Å². The highest BCUT2D eigenvalue weighted by molar-refractivity contribution is 7.12. The smallest absolute Gasteiger partial charge is 0.213 e. The predicted octanol–water partition coefficient (Wildman–Crippen LogP) is 4.66. The Kier molecular flexibility index (Phi) is 4.89. The average Bonchev–Trinajstić information content (AvgIpc) is 2.99. The molecule has 0 aliphatic carbocycles. The quantitative estimate of drug-likeness (QED) is 0.356. The van der Waals surface area contributed by atoms with Gasteiger partial charge in [-0.25, -0.2) is 0 Å². The van der Waals surface area contributed by atoms with Crippen molar-refractivity contribution < 1.29 is 4.79 Å². The van der Waals surface area contributed by atoms with E-state index in [2.05, 4.69) is 0 Å². The standard InChI is InChI=1S/C16H10ClNOS/c17-14(9-12-5-2-1-3-6-12)10-13(11-18)16(19)15-7-4-8-20-15/h1-10H/b13-10+,14-9-. The van der Waals surface area contributed by atoms with Gasteiger partial charge < -0.3 is 0 Å². The van der Waals surface area contributed by atoms with Crippen LogP contribution in [0.5, 0.6) is 0 Å². The lowest BCUT2D eigenvalue weighted by Crippen LogP contribution is -1.99. The molecule has 1 aromatic heterocycles. The van der Waals surface area contributed by atoms with Crippen LogP contribution in [0.4, 0.5) is 0 Å². The van der Waals surface area contributed by atoms with Crippen molar-refractivity contribution in [1.82, 2.24) is 0 Å². The third-order valence-corrected chi connectivity index (χ3v) is 3.58. The van der Waals surface area contributed by atoms with E-state index in [1.54, 1.807) is 23.6 Å². The number of rotatable bonds is 4. The van der Waals surface area contributed by atoms with Crippen LogP contribution in [-0.4, -0.2) is 5.78 Å². The van der Waals surface area contributed by atoms with Crippen LogP contribution < -0.4 is 0 Å². The molecular formula is C16H10ClNOS. The van der Waals surface area contributed by atoms with E-state index in [0.717, 1.165) is 5.56 Å². The van der Waals surface area contributed by atoms with Gasteiger partial charge in [-0.05, 0) is 29.2 Å². The second kappa shape index (κ2) is 6.85. The number of hydrogen-bond acceptors (Lipinski definition) is 3. The van der Waals surface area contributed by atoms with Crippen molar-refractivity contribution in [3.63, 3.8) is 0 Å². The van der Waals surface area contributed by atoms with E-state index in [1.165, 1.54) is 17.4 Å². The molecule has 1 heterocycles. The summed E-state index contributed by atoms with van der Waals surface area (Å²) in [5.74, 6) is -0.304. The normalized spacial score (nSPS) is 12.0. The summed E-state index contributed by atoms with van der Waals surface area (Å²) in [7, 11) is 0. The maximum atomic E-state index is 12.1. The van der Waals surface area contributed by atoms with Gasteiger partial charge >= 0.3 is 0 Å². The van der Waals surface area contributed by atoms with Gasteiger partial charge in [-0.2, -0.15) is 5.26 Å². The fraction of sp³-hybridized carbons (Fsp3) is 0. The Balaban J connectivity index is 2.26. The summed E-state index contributed by atoms with van der Waals surface area (Å²) in [6.07, 6.45) is 3.11. The molecule has 2 aromatic rings. The SMILES string of the molecule is N#C/C(=C\C(Cl)=C\c1ccccc1)C(=O)c1cccs1. The van der Waals surface area contributed by atoms with Gasteiger partial charge in [0.25, 0.3) is 0 Å². The van der Waals surface area contributed by atoms with Gasteiger partial charge in [0, 0.05) is 5.03 Å². The number of nitrogens with zero attached hydrogens (tertiary/aromatic N) is 1. The van der Waals surface area contributed by atoms with Crippen LogP contribution in [0.3, 0.4) is 0 Å². The molecule has 0 bridgehead atoms. The largest absolute Gasteiger partial charge is 0.287 e. The fourth-order valence-corrected chi connectivity index (χ4v) is 2.49. The maximum Gasteiger partial charge on any atom is 0.213 e. The molecule has 0 fully saturated rings. The van der Waals surface area contributed by atoms with E-state index in [1.807, 2.05) is 36.4 Å². The van der Waals surface area contributed by atoms with Crippen molar-refractivity contribution in [2.75, 3.05) is 0 Å². The van der Waals surface area contributed by atoms with Crippen molar-refractivity contribution in [2.24, 2.45) is 0 Å². The number of halogens is 1. The number of thiophene rings is 1. The molecule has 0 radical (unpaired) electrons. The van der Waals surface area contributed by atoms with Crippen molar-refractivity contribution in [1.29, 1.82) is 5.26 Å². The molecular weight excluding hydrogens is 290 g/mol. The molecule has 2 rings (SSSR count). The Morgan fingerprint density at radius 1 is 1.20 bits per heavy atom. The molecule has 4 heteroatoms. The minimum Gasteiger partial charge on any atom is -0.287 e. The monoisotopic (exact) mass is 299 g/mol. The first-order chi connectivity index (χ1) is 9.70. The van der Waals surface area contributed by atoms with E-state index in [0.29, 0.717) is 9.91 Å². The molecule has 2 nitrogen and oxygen atoms in total. The van der Waals surface area contributed by atoms with Crippen LogP contribution in [0.25, 0.3) is 6.08 Å². The maximum absolute atomic E-state index is 12.1. The van der Waals surface area contributed by atoms with Crippen molar-refractivity contribution >= 4 is 34.8 Å². The second-order valence-electron chi connectivity index (χ2n) is 3.92. The highest BCUT2D eigenvalue weighted by Gasteiger charge is 2.12. The Bertz CT molecular complexity index is 694. The van der Waals surface area contributed by atoms with Crippen molar-refractivity contribution in [2.45, 2.75) is 0 Å². The number of nitriles is 1. The number of carbonyl (C=O) groups is 1. The lowest BCUT2D eigenvalue weighted by molar-refractivity contribution is 0.104. The molecule has 0 atom stereocenters. The van der Waals surface area contributed by atoms with E-state index in [4.69, 9.17) is 16.9 Å². The summed E-state index contributed by atoms with van der Waals surface area (Å²) in [6.45, 7) is 0. The van der Waals surface area contributed by atoms with Gasteiger partial charge in [-0.15, -0.1) is 11.3 Å². The lowest BCUT2D eigenvalue weighted by Gasteiger charge is -1.96. The second-order valence-corrected chi connectivity index (χ2v) is 5.30. The summed E-state index contributed by atoms with van der Waals surface area (Å²) >= 11 is 7.38. The topological polar surface area (TPSA) is 40.9 Å². The minimum absolute atomic E-state index is 0.0321. The van der Waals surface area contributed by atoms with E-state index in [-0.39, 0.29) is 11.4 Å². The van der Waals surface area contributed by atoms with E-state index < -0.39 is 0 Å². The number of benzene rings is 1. The summed E-state index contributed by atoms with van der Waals surface area (Å²) < 4.78 is 0. The van der Waals surface area contributed by atoms with Crippen LogP contribution in [-0.2, 0) is 0 Å². The van der Waals surface area contributed by atoms with Crippen LogP contribution in [0.2, 0.25) is 0 Å². The molecule has 0 amide bonds. The number of hydrogen-bond donors (Lipinski definition) is 0.